The predicted octanol–water partition coefficient (Wildman–Crippen LogP) is 3.90. The van der Waals surface area contributed by atoms with Crippen LogP contribution in [0.4, 0.5) is 5.69 Å². The zero-order valence-corrected chi connectivity index (χ0v) is 16.6. The quantitative estimate of drug-likeness (QED) is 0.748. The second-order valence-electron chi connectivity index (χ2n) is 5.82. The smallest absolute Gasteiger partial charge is 0.259 e. The van der Waals surface area contributed by atoms with Crippen molar-refractivity contribution in [3.05, 3.63) is 40.4 Å². The summed E-state index contributed by atoms with van der Waals surface area (Å²) >= 11 is 3.48. The Labute approximate surface area is 160 Å². The lowest BCUT2D eigenvalue weighted by Gasteiger charge is -2.33. The highest BCUT2D eigenvalue weighted by Crippen LogP contribution is 2.45. The van der Waals surface area contributed by atoms with Gasteiger partial charge in [-0.25, -0.2) is 0 Å². The summed E-state index contributed by atoms with van der Waals surface area (Å²) in [5, 5.41) is 0. The molecule has 26 heavy (non-hydrogen) atoms. The molecule has 1 heterocycles. The number of methoxy groups -OCH3 is 3. The summed E-state index contributed by atoms with van der Waals surface area (Å²) in [4.78, 5) is 15.1. The highest BCUT2D eigenvalue weighted by Gasteiger charge is 2.31. The monoisotopic (exact) mass is 421 g/mol. The number of benzene rings is 2. The molecule has 1 atom stereocenters. The minimum atomic E-state index is -0.182. The number of hydrogen-bond acceptors (Lipinski definition) is 5. The molecule has 2 aromatic carbocycles. The van der Waals surface area contributed by atoms with Crippen LogP contribution in [0.1, 0.15) is 17.3 Å². The van der Waals surface area contributed by atoms with Gasteiger partial charge in [-0.15, -0.1) is 0 Å². The number of nitrogens with zero attached hydrogens (tertiary/aromatic N) is 1. The first kappa shape index (κ1) is 18.4. The zero-order valence-electron chi connectivity index (χ0n) is 15.0. The van der Waals surface area contributed by atoms with Crippen LogP contribution in [0.25, 0.3) is 0 Å². The molecule has 0 spiro atoms. The van der Waals surface area contributed by atoms with Crippen LogP contribution in [-0.2, 0) is 0 Å². The fraction of sp³-hybridized carbons (Fsp3) is 0.316. The minimum absolute atomic E-state index is 0.116. The van der Waals surface area contributed by atoms with Gasteiger partial charge in [0.2, 0.25) is 5.75 Å². The van der Waals surface area contributed by atoms with E-state index in [0.717, 1.165) is 5.69 Å². The van der Waals surface area contributed by atoms with E-state index in [1.54, 1.807) is 11.0 Å². The number of carbonyl (C=O) groups is 1. The summed E-state index contributed by atoms with van der Waals surface area (Å²) in [6.07, 6.45) is -0.116. The van der Waals surface area contributed by atoms with Gasteiger partial charge in [-0.05, 0) is 41.1 Å². The molecular formula is C19H20BrNO5. The molecule has 0 aliphatic carbocycles. The number of rotatable bonds is 4. The van der Waals surface area contributed by atoms with Crippen molar-refractivity contribution in [2.45, 2.75) is 13.0 Å². The first-order chi connectivity index (χ1) is 12.5. The molecule has 138 valence electrons. The van der Waals surface area contributed by atoms with E-state index in [4.69, 9.17) is 18.9 Å². The van der Waals surface area contributed by atoms with Crippen molar-refractivity contribution in [3.63, 3.8) is 0 Å². The Balaban J connectivity index is 2.11. The van der Waals surface area contributed by atoms with Gasteiger partial charge in [0.25, 0.3) is 5.91 Å². The summed E-state index contributed by atoms with van der Waals surface area (Å²) in [5.74, 6) is 1.76. The lowest BCUT2D eigenvalue weighted by molar-refractivity contribution is 0.0959. The van der Waals surface area contributed by atoms with Crippen molar-refractivity contribution in [3.8, 4) is 23.0 Å². The van der Waals surface area contributed by atoms with Crippen LogP contribution >= 0.6 is 15.9 Å². The van der Waals surface area contributed by atoms with Crippen LogP contribution in [-0.4, -0.2) is 39.9 Å². The van der Waals surface area contributed by atoms with Crippen LogP contribution < -0.4 is 23.8 Å². The number of halogens is 1. The highest BCUT2D eigenvalue weighted by molar-refractivity contribution is 9.10. The van der Waals surface area contributed by atoms with Gasteiger partial charge >= 0.3 is 0 Å². The largest absolute Gasteiger partial charge is 0.493 e. The summed E-state index contributed by atoms with van der Waals surface area (Å²) in [5.41, 5.74) is 1.15. The number of fused-ring (bicyclic) bond motifs is 1. The Bertz CT molecular complexity index is 839. The van der Waals surface area contributed by atoms with Gasteiger partial charge in [-0.2, -0.15) is 0 Å². The third kappa shape index (κ3) is 3.07. The lowest BCUT2D eigenvalue weighted by Crippen LogP contribution is -2.42. The second-order valence-corrected chi connectivity index (χ2v) is 6.61. The molecule has 0 bridgehead atoms. The highest BCUT2D eigenvalue weighted by atomic mass is 79.9. The number of anilines is 1. The van der Waals surface area contributed by atoms with Gasteiger partial charge in [0, 0.05) is 0 Å². The Morgan fingerprint density at radius 1 is 1.15 bits per heavy atom. The van der Waals surface area contributed by atoms with Gasteiger partial charge < -0.3 is 23.8 Å². The summed E-state index contributed by atoms with van der Waals surface area (Å²) in [6, 6.07) is 9.13. The predicted molar refractivity (Wildman–Crippen MR) is 102 cm³/mol. The van der Waals surface area contributed by atoms with Crippen molar-refractivity contribution in [2.24, 2.45) is 0 Å². The third-order valence-corrected chi connectivity index (χ3v) is 4.96. The molecule has 7 heteroatoms. The Kier molecular flexibility index (Phi) is 5.27. The fourth-order valence-electron chi connectivity index (χ4n) is 3.00. The number of hydrogen-bond donors (Lipinski definition) is 0. The van der Waals surface area contributed by atoms with Crippen LogP contribution in [0, 0.1) is 0 Å². The number of carbonyl (C=O) groups excluding carboxylic acids is 1. The summed E-state index contributed by atoms with van der Waals surface area (Å²) < 4.78 is 22.5. The van der Waals surface area contributed by atoms with E-state index in [1.807, 2.05) is 31.2 Å². The van der Waals surface area contributed by atoms with Crippen molar-refractivity contribution in [1.82, 2.24) is 0 Å². The Hall–Kier alpha value is -2.41. The molecule has 0 saturated carbocycles. The van der Waals surface area contributed by atoms with E-state index >= 15 is 0 Å². The molecule has 1 amide bonds. The molecule has 0 fully saturated rings. The number of ether oxygens (including phenoxy) is 4. The molecule has 2 aromatic rings. The van der Waals surface area contributed by atoms with Gasteiger partial charge in [-0.3, -0.25) is 4.79 Å². The van der Waals surface area contributed by atoms with Crippen LogP contribution in [0.2, 0.25) is 0 Å². The maximum Gasteiger partial charge on any atom is 0.259 e. The number of para-hydroxylation sites is 2. The van der Waals surface area contributed by atoms with E-state index in [0.29, 0.717) is 39.6 Å². The van der Waals surface area contributed by atoms with Gasteiger partial charge in [0.15, 0.2) is 11.5 Å². The topological polar surface area (TPSA) is 57.2 Å². The molecular weight excluding hydrogens is 402 g/mol. The molecule has 6 nitrogen and oxygen atoms in total. The van der Waals surface area contributed by atoms with Crippen LogP contribution in [0.3, 0.4) is 0 Å². The van der Waals surface area contributed by atoms with Gasteiger partial charge in [-0.1, -0.05) is 12.1 Å². The van der Waals surface area contributed by atoms with Crippen LogP contribution in [0.15, 0.2) is 34.8 Å². The van der Waals surface area contributed by atoms with E-state index < -0.39 is 0 Å². The Morgan fingerprint density at radius 2 is 1.85 bits per heavy atom. The normalized spacial score (nSPS) is 15.7. The SMILES string of the molecule is COc1cc(C(=O)N2CC(C)Oc3ccccc32)c(Br)c(OC)c1OC. The summed E-state index contributed by atoms with van der Waals surface area (Å²) in [6.45, 7) is 2.37. The van der Waals surface area contributed by atoms with Crippen molar-refractivity contribution < 1.29 is 23.7 Å². The molecule has 0 aromatic heterocycles. The van der Waals surface area contributed by atoms with Gasteiger partial charge in [0.05, 0.1) is 43.6 Å². The average Bonchev–Trinajstić information content (AvgIpc) is 2.66. The Morgan fingerprint density at radius 3 is 2.50 bits per heavy atom. The molecule has 0 radical (unpaired) electrons. The standard InChI is InChI=1S/C19H20BrNO5/c1-11-10-21(13-7-5-6-8-14(13)26-11)19(22)12-9-15(23-2)17(24-3)18(25-4)16(12)20/h5-9,11H,10H2,1-4H3. The molecule has 0 saturated heterocycles. The van der Waals surface area contributed by atoms with Crippen molar-refractivity contribution in [2.75, 3.05) is 32.8 Å². The molecule has 0 N–H and O–H groups in total. The van der Waals surface area contributed by atoms with E-state index in [9.17, 15) is 4.79 Å². The zero-order chi connectivity index (χ0) is 18.8. The van der Waals surface area contributed by atoms with Crippen molar-refractivity contribution >= 4 is 27.5 Å². The molecule has 1 unspecified atom stereocenters. The minimum Gasteiger partial charge on any atom is -0.493 e. The second kappa shape index (κ2) is 7.45. The average molecular weight is 422 g/mol. The van der Waals surface area contributed by atoms with Gasteiger partial charge in [0.1, 0.15) is 11.9 Å². The third-order valence-electron chi connectivity index (χ3n) is 4.17. The van der Waals surface area contributed by atoms with E-state index in [2.05, 4.69) is 15.9 Å². The fourth-order valence-corrected chi connectivity index (χ4v) is 3.63. The maximum absolute atomic E-state index is 13.4. The van der Waals surface area contributed by atoms with E-state index in [-0.39, 0.29) is 12.0 Å². The molecule has 3 rings (SSSR count). The summed E-state index contributed by atoms with van der Waals surface area (Å²) in [7, 11) is 4.56. The van der Waals surface area contributed by atoms with Crippen LogP contribution in [0.5, 0.6) is 23.0 Å². The lowest BCUT2D eigenvalue weighted by atomic mass is 10.1. The molecule has 1 aliphatic heterocycles. The van der Waals surface area contributed by atoms with Crippen molar-refractivity contribution in [1.29, 1.82) is 0 Å². The first-order valence-electron chi connectivity index (χ1n) is 8.07. The number of amides is 1. The first-order valence-corrected chi connectivity index (χ1v) is 8.87. The molecule has 1 aliphatic rings. The van der Waals surface area contributed by atoms with E-state index in [1.165, 1.54) is 21.3 Å². The maximum atomic E-state index is 13.4.